The fourth-order valence-electron chi connectivity index (χ4n) is 3.39. The summed E-state index contributed by atoms with van der Waals surface area (Å²) in [5.74, 6) is -1.45. The van der Waals surface area contributed by atoms with Gasteiger partial charge in [0.15, 0.2) is 0 Å². The number of likely N-dealkylation sites (N-methyl/N-ethyl adjacent to an activating group) is 1. The summed E-state index contributed by atoms with van der Waals surface area (Å²) >= 11 is 0. The molecule has 1 aromatic carbocycles. The second kappa shape index (κ2) is 14.7. The summed E-state index contributed by atoms with van der Waals surface area (Å²) in [6.45, 7) is 5.80. The average Bonchev–Trinajstić information content (AvgIpc) is 2.77. The van der Waals surface area contributed by atoms with Gasteiger partial charge in [-0.1, -0.05) is 45.9 Å². The molecule has 0 aromatic heterocycles. The Balaban J connectivity index is 3.17. The Morgan fingerprint density at radius 1 is 1.24 bits per heavy atom. The summed E-state index contributed by atoms with van der Waals surface area (Å²) in [7, 11) is -0.717. The summed E-state index contributed by atoms with van der Waals surface area (Å²) in [6.07, 6.45) is -4.19. The molecule has 0 spiro atoms. The van der Waals surface area contributed by atoms with E-state index >= 15 is 0 Å². The number of allylic oxidation sites excluding steroid dienone is 1. The van der Waals surface area contributed by atoms with E-state index in [0.717, 1.165) is 0 Å². The van der Waals surface area contributed by atoms with Gasteiger partial charge < -0.3 is 24.9 Å². The Hall–Kier alpha value is -2.92. The topological polar surface area (TPSA) is 135 Å². The van der Waals surface area contributed by atoms with Gasteiger partial charge in [0.25, 0.3) is 5.91 Å². The van der Waals surface area contributed by atoms with E-state index in [0.29, 0.717) is 11.3 Å². The third kappa shape index (κ3) is 12.3. The van der Waals surface area contributed by atoms with Crippen molar-refractivity contribution in [1.29, 1.82) is 5.26 Å². The van der Waals surface area contributed by atoms with Crippen molar-refractivity contribution in [3.05, 3.63) is 41.5 Å². The first-order chi connectivity index (χ1) is 17.1. The van der Waals surface area contributed by atoms with Crippen LogP contribution in [0, 0.1) is 23.2 Å². The number of hydrogen-bond donors (Lipinski definition) is 4. The zero-order valence-corrected chi connectivity index (χ0v) is 21.5. The lowest BCUT2D eigenvalue weighted by Crippen LogP contribution is -2.52. The summed E-state index contributed by atoms with van der Waals surface area (Å²) < 4.78 is 43.6. The van der Waals surface area contributed by atoms with E-state index < -0.39 is 44.1 Å². The molecule has 0 unspecified atom stereocenters. The molecule has 0 aliphatic heterocycles. The van der Waals surface area contributed by atoms with Gasteiger partial charge in [0.2, 0.25) is 5.91 Å². The van der Waals surface area contributed by atoms with Gasteiger partial charge in [0.05, 0.1) is 12.6 Å². The Labute approximate surface area is 215 Å². The largest absolute Gasteiger partial charge is 0.635 e. The van der Waals surface area contributed by atoms with Gasteiger partial charge in [-0.15, -0.1) is 0 Å². The van der Waals surface area contributed by atoms with E-state index in [1.165, 1.54) is 24.1 Å². The number of alkyl halides is 3. The standard InChI is InChI=1S/C24H34BF3N4O5/c1-15(2)9-18(13-29)23(34)32(5)19-8-6-7-17(11-19)12-20(30-14-24(26,27)28)22(33)31-21(10-16(3)4)37-25(35)36/h6-9,11,15-16,20-21,30,35-36H,10,12,14H2,1-5H3,(H,31,33)/t20-,21+/m0/s1. The Morgan fingerprint density at radius 3 is 2.41 bits per heavy atom. The number of anilines is 1. The number of nitrogens with zero attached hydrogens (tertiary/aromatic N) is 2. The van der Waals surface area contributed by atoms with Crippen LogP contribution in [-0.4, -0.2) is 61.2 Å². The van der Waals surface area contributed by atoms with Gasteiger partial charge in [0, 0.05) is 12.7 Å². The van der Waals surface area contributed by atoms with Crippen LogP contribution in [0.5, 0.6) is 0 Å². The number of benzene rings is 1. The highest BCUT2D eigenvalue weighted by atomic mass is 19.4. The molecule has 1 rings (SSSR count). The average molecular weight is 526 g/mol. The number of nitriles is 1. The van der Waals surface area contributed by atoms with Gasteiger partial charge in [0.1, 0.15) is 17.9 Å². The molecule has 9 nitrogen and oxygen atoms in total. The van der Waals surface area contributed by atoms with Gasteiger partial charge >= 0.3 is 13.5 Å². The molecular weight excluding hydrogens is 492 g/mol. The molecule has 0 fully saturated rings. The number of carbonyl (C=O) groups excluding carboxylic acids is 2. The monoisotopic (exact) mass is 526 g/mol. The Morgan fingerprint density at radius 2 is 1.89 bits per heavy atom. The van der Waals surface area contributed by atoms with Crippen LogP contribution in [0.15, 0.2) is 35.9 Å². The number of hydrogen-bond acceptors (Lipinski definition) is 7. The summed E-state index contributed by atoms with van der Waals surface area (Å²) in [5.41, 5.74) is 0.780. The second-order valence-corrected chi connectivity index (χ2v) is 9.31. The summed E-state index contributed by atoms with van der Waals surface area (Å²) in [4.78, 5) is 26.9. The first-order valence-corrected chi connectivity index (χ1v) is 11.7. The lowest BCUT2D eigenvalue weighted by Gasteiger charge is -2.25. The SMILES string of the molecule is CC(C)C=C(C#N)C(=O)N(C)c1cccc(C[C@H](NCC(F)(F)F)C(=O)N[C@@H](CC(C)C)OB(O)O)c1. The third-order valence-corrected chi connectivity index (χ3v) is 5.03. The number of halogens is 3. The number of amides is 2. The Bertz CT molecular complexity index is 970. The van der Waals surface area contributed by atoms with Crippen molar-refractivity contribution in [3.8, 4) is 6.07 Å². The van der Waals surface area contributed by atoms with Crippen molar-refractivity contribution in [2.45, 2.75) is 59.0 Å². The smallest absolute Gasteiger partial charge is 0.402 e. The van der Waals surface area contributed by atoms with Crippen LogP contribution in [-0.2, 0) is 20.7 Å². The zero-order valence-electron chi connectivity index (χ0n) is 21.5. The molecular formula is C24H34BF3N4O5. The lowest BCUT2D eigenvalue weighted by molar-refractivity contribution is -0.133. The minimum Gasteiger partial charge on any atom is -0.402 e. The minimum atomic E-state index is -4.58. The number of rotatable bonds is 13. The lowest BCUT2D eigenvalue weighted by atomic mass is 10.0. The first kappa shape index (κ1) is 32.1. The van der Waals surface area contributed by atoms with Gasteiger partial charge in [-0.3, -0.25) is 14.9 Å². The molecule has 2 amide bonds. The van der Waals surface area contributed by atoms with Crippen LogP contribution in [0.2, 0.25) is 0 Å². The molecule has 2 atom stereocenters. The van der Waals surface area contributed by atoms with Crippen molar-refractivity contribution in [2.24, 2.45) is 11.8 Å². The second-order valence-electron chi connectivity index (χ2n) is 9.31. The predicted octanol–water partition coefficient (Wildman–Crippen LogP) is 2.29. The highest BCUT2D eigenvalue weighted by Gasteiger charge is 2.31. The predicted molar refractivity (Wildman–Crippen MR) is 133 cm³/mol. The van der Waals surface area contributed by atoms with Crippen LogP contribution < -0.4 is 15.5 Å². The van der Waals surface area contributed by atoms with E-state index in [-0.39, 0.29) is 30.3 Å². The van der Waals surface area contributed by atoms with Crippen molar-refractivity contribution in [3.63, 3.8) is 0 Å². The molecule has 0 aliphatic rings. The summed E-state index contributed by atoms with van der Waals surface area (Å²) in [6, 6.07) is 6.82. The summed E-state index contributed by atoms with van der Waals surface area (Å²) in [5, 5.41) is 32.2. The van der Waals surface area contributed by atoms with E-state index in [2.05, 4.69) is 10.6 Å². The molecule has 4 N–H and O–H groups in total. The van der Waals surface area contributed by atoms with Gasteiger partial charge in [-0.2, -0.15) is 18.4 Å². The minimum absolute atomic E-state index is 0.0292. The van der Waals surface area contributed by atoms with Crippen molar-refractivity contribution in [2.75, 3.05) is 18.5 Å². The van der Waals surface area contributed by atoms with Crippen molar-refractivity contribution >= 4 is 24.8 Å². The van der Waals surface area contributed by atoms with Crippen LogP contribution in [0.4, 0.5) is 18.9 Å². The van der Waals surface area contributed by atoms with Crippen LogP contribution in [0.25, 0.3) is 0 Å². The maximum absolute atomic E-state index is 12.9. The van der Waals surface area contributed by atoms with Crippen LogP contribution >= 0.6 is 0 Å². The number of nitrogens with one attached hydrogen (secondary N) is 2. The highest BCUT2D eigenvalue weighted by Crippen LogP contribution is 2.20. The molecule has 0 aliphatic carbocycles. The zero-order chi connectivity index (χ0) is 28.3. The fraction of sp³-hybridized carbons (Fsp3) is 0.542. The fourth-order valence-corrected chi connectivity index (χ4v) is 3.39. The van der Waals surface area contributed by atoms with Crippen molar-refractivity contribution < 1.29 is 37.5 Å². The quantitative estimate of drug-likeness (QED) is 0.134. The van der Waals surface area contributed by atoms with Gasteiger partial charge in [-0.05, 0) is 42.4 Å². The molecule has 0 saturated heterocycles. The molecule has 13 heteroatoms. The van der Waals surface area contributed by atoms with Gasteiger partial charge in [-0.25, -0.2) is 0 Å². The molecule has 0 bridgehead atoms. The van der Waals surface area contributed by atoms with E-state index in [9.17, 15) is 28.0 Å². The number of carbonyl (C=O) groups is 2. The van der Waals surface area contributed by atoms with Crippen molar-refractivity contribution in [1.82, 2.24) is 10.6 Å². The maximum Gasteiger partial charge on any atom is 0.635 e. The Kier molecular flexibility index (Phi) is 12.8. The molecule has 1 aromatic rings. The maximum atomic E-state index is 12.9. The molecule has 0 saturated carbocycles. The molecule has 204 valence electrons. The molecule has 37 heavy (non-hydrogen) atoms. The van der Waals surface area contributed by atoms with E-state index in [1.807, 2.05) is 19.9 Å². The van der Waals surface area contributed by atoms with E-state index in [4.69, 9.17) is 14.7 Å². The third-order valence-electron chi connectivity index (χ3n) is 5.03. The molecule has 0 radical (unpaired) electrons. The highest BCUT2D eigenvalue weighted by molar-refractivity contribution is 6.32. The van der Waals surface area contributed by atoms with E-state index in [1.54, 1.807) is 32.0 Å². The van der Waals surface area contributed by atoms with Crippen LogP contribution in [0.3, 0.4) is 0 Å². The normalized spacial score (nSPS) is 13.8. The first-order valence-electron chi connectivity index (χ1n) is 11.7. The molecule has 0 heterocycles. The van der Waals surface area contributed by atoms with Crippen LogP contribution in [0.1, 0.15) is 39.7 Å².